The highest BCUT2D eigenvalue weighted by Crippen LogP contribution is 2.29. The molecule has 5 nitrogen and oxygen atoms in total. The fraction of sp³-hybridized carbons (Fsp3) is 0.600. The van der Waals surface area contributed by atoms with E-state index in [2.05, 4.69) is 38.3 Å². The number of hydrogen-bond acceptors (Lipinski definition) is 3. The van der Waals surface area contributed by atoms with Crippen LogP contribution in [0.15, 0.2) is 18.3 Å². The van der Waals surface area contributed by atoms with Gasteiger partial charge in [0.05, 0.1) is 5.69 Å². The molecule has 3 heterocycles. The third kappa shape index (κ3) is 3.56. The monoisotopic (exact) mass is 342 g/mol. The van der Waals surface area contributed by atoms with Gasteiger partial charge in [0.15, 0.2) is 0 Å². The summed E-state index contributed by atoms with van der Waals surface area (Å²) >= 11 is 0. The van der Waals surface area contributed by atoms with E-state index in [9.17, 15) is 4.79 Å². The number of pyridine rings is 1. The molecule has 1 amide bonds. The van der Waals surface area contributed by atoms with Crippen molar-refractivity contribution in [3.8, 4) is 0 Å². The smallest absolute Gasteiger partial charge is 0.270 e. The number of carbonyl (C=O) groups excluding carboxylic acids is 1. The SMILES string of the molecule is CCc1nc2c(C)cccn2c1C(=O)NC1CC(C)(C)NC(C)(C)C1. The molecule has 1 saturated heterocycles. The molecule has 5 heteroatoms. The van der Waals surface area contributed by atoms with Crippen LogP contribution in [0.1, 0.15) is 69.2 Å². The molecule has 0 bridgehead atoms. The van der Waals surface area contributed by atoms with Crippen LogP contribution in [0.3, 0.4) is 0 Å². The molecule has 2 aromatic heterocycles. The van der Waals surface area contributed by atoms with Gasteiger partial charge >= 0.3 is 0 Å². The number of piperidine rings is 1. The standard InChI is InChI=1S/C20H30N4O/c1-7-15-16(24-10-8-9-13(2)17(24)22-15)18(25)21-14-11-19(3,4)23-20(5,6)12-14/h8-10,14,23H,7,11-12H2,1-6H3,(H,21,25). The van der Waals surface area contributed by atoms with E-state index in [1.807, 2.05) is 36.6 Å². The topological polar surface area (TPSA) is 58.4 Å². The minimum Gasteiger partial charge on any atom is -0.348 e. The van der Waals surface area contributed by atoms with E-state index < -0.39 is 0 Å². The van der Waals surface area contributed by atoms with Gasteiger partial charge in [0.2, 0.25) is 0 Å². The Kier molecular flexibility index (Phi) is 4.40. The number of carbonyl (C=O) groups is 1. The van der Waals surface area contributed by atoms with Crippen molar-refractivity contribution in [2.24, 2.45) is 0 Å². The number of imidazole rings is 1. The van der Waals surface area contributed by atoms with Gasteiger partial charge in [0.25, 0.3) is 5.91 Å². The van der Waals surface area contributed by atoms with E-state index in [-0.39, 0.29) is 23.0 Å². The number of aryl methyl sites for hydroxylation is 2. The average Bonchev–Trinajstić information content (AvgIpc) is 2.83. The highest BCUT2D eigenvalue weighted by Gasteiger charge is 2.38. The van der Waals surface area contributed by atoms with Crippen LogP contribution in [0.4, 0.5) is 0 Å². The molecule has 0 atom stereocenters. The zero-order valence-electron chi connectivity index (χ0n) is 16.2. The lowest BCUT2D eigenvalue weighted by Gasteiger charge is -2.46. The van der Waals surface area contributed by atoms with Gasteiger partial charge in [-0.05, 0) is 65.5 Å². The third-order valence-electron chi connectivity index (χ3n) is 4.99. The van der Waals surface area contributed by atoms with Crippen molar-refractivity contribution in [3.63, 3.8) is 0 Å². The van der Waals surface area contributed by atoms with Gasteiger partial charge in [-0.2, -0.15) is 0 Å². The summed E-state index contributed by atoms with van der Waals surface area (Å²) in [6.45, 7) is 12.9. The number of hydrogen-bond donors (Lipinski definition) is 2. The average molecular weight is 342 g/mol. The molecule has 2 N–H and O–H groups in total. The fourth-order valence-corrected chi connectivity index (χ4v) is 4.42. The van der Waals surface area contributed by atoms with E-state index in [4.69, 9.17) is 4.98 Å². The molecule has 2 aromatic rings. The molecule has 0 unspecified atom stereocenters. The van der Waals surface area contributed by atoms with E-state index in [0.29, 0.717) is 5.69 Å². The molecule has 1 aliphatic rings. The normalized spacial score (nSPS) is 19.9. The van der Waals surface area contributed by atoms with Crippen molar-refractivity contribution in [2.45, 2.75) is 77.9 Å². The molecule has 1 fully saturated rings. The first-order valence-corrected chi connectivity index (χ1v) is 9.19. The zero-order chi connectivity index (χ0) is 18.4. The Morgan fingerprint density at radius 1 is 1.32 bits per heavy atom. The Balaban J connectivity index is 1.91. The Morgan fingerprint density at radius 2 is 1.96 bits per heavy atom. The molecule has 0 aromatic carbocycles. The molecule has 0 aliphatic carbocycles. The van der Waals surface area contributed by atoms with Crippen molar-refractivity contribution >= 4 is 11.6 Å². The number of amides is 1. The number of rotatable bonds is 3. The fourth-order valence-electron chi connectivity index (χ4n) is 4.42. The summed E-state index contributed by atoms with van der Waals surface area (Å²) < 4.78 is 1.93. The highest BCUT2D eigenvalue weighted by molar-refractivity contribution is 5.95. The van der Waals surface area contributed by atoms with E-state index in [1.165, 1.54) is 0 Å². The summed E-state index contributed by atoms with van der Waals surface area (Å²) in [7, 11) is 0. The number of nitrogens with one attached hydrogen (secondary N) is 2. The van der Waals surface area contributed by atoms with Crippen LogP contribution in [0.2, 0.25) is 0 Å². The van der Waals surface area contributed by atoms with E-state index in [0.717, 1.165) is 36.2 Å². The second-order valence-electron chi connectivity index (χ2n) is 8.62. The van der Waals surface area contributed by atoms with Gasteiger partial charge in [0, 0.05) is 23.3 Å². The van der Waals surface area contributed by atoms with Crippen LogP contribution >= 0.6 is 0 Å². The van der Waals surface area contributed by atoms with Crippen LogP contribution in [0.5, 0.6) is 0 Å². The van der Waals surface area contributed by atoms with Crippen molar-refractivity contribution < 1.29 is 4.79 Å². The maximum atomic E-state index is 13.1. The minimum absolute atomic E-state index is 0.00333. The summed E-state index contributed by atoms with van der Waals surface area (Å²) in [5, 5.41) is 6.94. The van der Waals surface area contributed by atoms with Crippen LogP contribution < -0.4 is 10.6 Å². The van der Waals surface area contributed by atoms with Crippen LogP contribution in [-0.4, -0.2) is 32.4 Å². The Labute approximate surface area is 150 Å². The van der Waals surface area contributed by atoms with Gasteiger partial charge < -0.3 is 10.6 Å². The van der Waals surface area contributed by atoms with Crippen molar-refractivity contribution in [2.75, 3.05) is 0 Å². The van der Waals surface area contributed by atoms with Crippen LogP contribution in [-0.2, 0) is 6.42 Å². The molecule has 0 saturated carbocycles. The molecule has 3 rings (SSSR count). The lowest BCUT2D eigenvalue weighted by molar-refractivity contribution is 0.0866. The summed E-state index contributed by atoms with van der Waals surface area (Å²) in [6, 6.07) is 4.15. The molecule has 0 radical (unpaired) electrons. The van der Waals surface area contributed by atoms with Gasteiger partial charge in [-0.3, -0.25) is 9.20 Å². The minimum atomic E-state index is -0.0200. The van der Waals surface area contributed by atoms with Gasteiger partial charge in [-0.15, -0.1) is 0 Å². The first-order chi connectivity index (χ1) is 11.6. The summed E-state index contributed by atoms with van der Waals surface area (Å²) in [5.74, 6) is -0.0200. The lowest BCUT2D eigenvalue weighted by atomic mass is 9.79. The number of nitrogens with zero attached hydrogens (tertiary/aromatic N) is 2. The predicted octanol–water partition coefficient (Wildman–Crippen LogP) is 3.24. The van der Waals surface area contributed by atoms with Crippen molar-refractivity contribution in [3.05, 3.63) is 35.3 Å². The first-order valence-electron chi connectivity index (χ1n) is 9.19. The second-order valence-corrected chi connectivity index (χ2v) is 8.62. The van der Waals surface area contributed by atoms with Gasteiger partial charge in [-0.1, -0.05) is 13.0 Å². The highest BCUT2D eigenvalue weighted by atomic mass is 16.2. The van der Waals surface area contributed by atoms with Crippen molar-refractivity contribution in [1.29, 1.82) is 0 Å². The molecule has 1 aliphatic heterocycles. The largest absolute Gasteiger partial charge is 0.348 e. The lowest BCUT2D eigenvalue weighted by Crippen LogP contribution is -2.62. The van der Waals surface area contributed by atoms with E-state index in [1.54, 1.807) is 0 Å². The summed E-state index contributed by atoms with van der Waals surface area (Å²) in [4.78, 5) is 17.8. The van der Waals surface area contributed by atoms with Gasteiger partial charge in [0.1, 0.15) is 11.3 Å². The maximum absolute atomic E-state index is 13.1. The predicted molar refractivity (Wildman–Crippen MR) is 101 cm³/mol. The second kappa shape index (κ2) is 6.13. The quantitative estimate of drug-likeness (QED) is 0.900. The number of fused-ring (bicyclic) bond motifs is 1. The Bertz CT molecular complexity index is 787. The summed E-state index contributed by atoms with van der Waals surface area (Å²) in [5.41, 5.74) is 3.50. The Morgan fingerprint density at radius 3 is 2.56 bits per heavy atom. The molecular formula is C20H30N4O. The molecule has 136 valence electrons. The number of aromatic nitrogens is 2. The van der Waals surface area contributed by atoms with Crippen molar-refractivity contribution in [1.82, 2.24) is 20.0 Å². The zero-order valence-corrected chi connectivity index (χ0v) is 16.2. The van der Waals surface area contributed by atoms with Gasteiger partial charge in [-0.25, -0.2) is 4.98 Å². The van der Waals surface area contributed by atoms with E-state index >= 15 is 0 Å². The first kappa shape index (κ1) is 17.9. The molecule has 25 heavy (non-hydrogen) atoms. The molecular weight excluding hydrogens is 312 g/mol. The molecule has 0 spiro atoms. The third-order valence-corrected chi connectivity index (χ3v) is 4.99. The van der Waals surface area contributed by atoms with Crippen LogP contribution in [0, 0.1) is 6.92 Å². The Hall–Kier alpha value is -1.88. The maximum Gasteiger partial charge on any atom is 0.270 e. The van der Waals surface area contributed by atoms with Crippen LogP contribution in [0.25, 0.3) is 5.65 Å². The summed E-state index contributed by atoms with van der Waals surface area (Å²) in [6.07, 6.45) is 4.51.